The van der Waals surface area contributed by atoms with Gasteiger partial charge in [0, 0.05) is 26.1 Å². The van der Waals surface area contributed by atoms with Crippen molar-refractivity contribution < 1.29 is 14.3 Å². The summed E-state index contributed by atoms with van der Waals surface area (Å²) in [5.74, 6) is -0.353. The summed E-state index contributed by atoms with van der Waals surface area (Å²) in [5.41, 5.74) is 5.21. The first kappa shape index (κ1) is 12.0. The molecule has 1 aliphatic heterocycles. The van der Waals surface area contributed by atoms with Gasteiger partial charge in [-0.1, -0.05) is 0 Å². The van der Waals surface area contributed by atoms with Crippen LogP contribution in [0.15, 0.2) is 0 Å². The van der Waals surface area contributed by atoms with Crippen LogP contribution in [-0.2, 0) is 14.3 Å². The molecule has 0 aromatic carbocycles. The molecule has 0 spiro atoms. The van der Waals surface area contributed by atoms with E-state index in [1.807, 2.05) is 0 Å². The lowest BCUT2D eigenvalue weighted by Crippen LogP contribution is -2.45. The second-order valence-electron chi connectivity index (χ2n) is 3.88. The summed E-state index contributed by atoms with van der Waals surface area (Å²) in [4.78, 5) is 24.3. The van der Waals surface area contributed by atoms with Gasteiger partial charge in [0.25, 0.3) is 5.91 Å². The molecule has 0 aliphatic carbocycles. The predicted octanol–water partition coefficient (Wildman–Crippen LogP) is -0.255. The van der Waals surface area contributed by atoms with Crippen LogP contribution in [0.3, 0.4) is 0 Å². The third-order valence-electron chi connectivity index (χ3n) is 2.91. The number of rotatable bonds is 3. The van der Waals surface area contributed by atoms with E-state index in [0.29, 0.717) is 25.9 Å². The van der Waals surface area contributed by atoms with Gasteiger partial charge in [-0.15, -0.1) is 0 Å². The summed E-state index contributed by atoms with van der Waals surface area (Å²) in [6, 6.07) is 0. The molecular formula is C10H18N2O3. The zero-order valence-electron chi connectivity index (χ0n) is 9.23. The van der Waals surface area contributed by atoms with Gasteiger partial charge in [0.2, 0.25) is 5.91 Å². The molecule has 86 valence electrons. The molecule has 0 aromatic rings. The minimum Gasteiger partial charge on any atom is -0.372 e. The van der Waals surface area contributed by atoms with Crippen molar-refractivity contribution in [1.82, 2.24) is 4.90 Å². The van der Waals surface area contributed by atoms with Crippen LogP contribution in [0.4, 0.5) is 0 Å². The van der Waals surface area contributed by atoms with E-state index < -0.39 is 6.10 Å². The van der Waals surface area contributed by atoms with Crippen molar-refractivity contribution in [1.29, 1.82) is 0 Å². The van der Waals surface area contributed by atoms with Gasteiger partial charge in [-0.2, -0.15) is 0 Å². The Hall–Kier alpha value is -1.10. The van der Waals surface area contributed by atoms with E-state index in [9.17, 15) is 9.59 Å². The van der Waals surface area contributed by atoms with Crippen molar-refractivity contribution in [3.63, 3.8) is 0 Å². The molecule has 0 radical (unpaired) electrons. The second kappa shape index (κ2) is 5.11. The Bertz CT molecular complexity index is 247. The molecule has 2 amide bonds. The van der Waals surface area contributed by atoms with E-state index in [1.165, 1.54) is 7.11 Å². The van der Waals surface area contributed by atoms with Gasteiger partial charge in [0.05, 0.1) is 0 Å². The number of ether oxygens (including phenoxy) is 1. The van der Waals surface area contributed by atoms with Crippen molar-refractivity contribution in [2.45, 2.75) is 25.9 Å². The highest BCUT2D eigenvalue weighted by molar-refractivity contribution is 5.81. The Morgan fingerprint density at radius 2 is 1.93 bits per heavy atom. The standard InChI is InChI=1S/C10H18N2O3/c1-7(15-2)10(14)12-5-3-8(4-6-12)9(11)13/h7-8H,3-6H2,1-2H3,(H2,11,13). The van der Waals surface area contributed by atoms with Crippen LogP contribution in [0.25, 0.3) is 0 Å². The van der Waals surface area contributed by atoms with Gasteiger partial charge < -0.3 is 15.4 Å². The molecule has 2 N–H and O–H groups in total. The van der Waals surface area contributed by atoms with Crippen molar-refractivity contribution in [3.8, 4) is 0 Å². The molecule has 5 nitrogen and oxygen atoms in total. The number of likely N-dealkylation sites (tertiary alicyclic amines) is 1. The Labute approximate surface area is 89.6 Å². The van der Waals surface area contributed by atoms with E-state index in [1.54, 1.807) is 11.8 Å². The molecule has 5 heteroatoms. The smallest absolute Gasteiger partial charge is 0.251 e. The summed E-state index contributed by atoms with van der Waals surface area (Å²) >= 11 is 0. The first-order chi connectivity index (χ1) is 7.06. The lowest BCUT2D eigenvalue weighted by atomic mass is 9.96. The van der Waals surface area contributed by atoms with E-state index in [0.717, 1.165) is 0 Å². The largest absolute Gasteiger partial charge is 0.372 e. The zero-order valence-corrected chi connectivity index (χ0v) is 9.23. The van der Waals surface area contributed by atoms with Gasteiger partial charge >= 0.3 is 0 Å². The van der Waals surface area contributed by atoms with Crippen molar-refractivity contribution in [2.75, 3.05) is 20.2 Å². The molecule has 1 unspecified atom stereocenters. The molecule has 1 fully saturated rings. The average molecular weight is 214 g/mol. The van der Waals surface area contributed by atoms with Gasteiger partial charge in [-0.3, -0.25) is 9.59 Å². The SMILES string of the molecule is COC(C)C(=O)N1CCC(C(N)=O)CC1. The maximum Gasteiger partial charge on any atom is 0.251 e. The molecule has 0 aromatic heterocycles. The highest BCUT2D eigenvalue weighted by atomic mass is 16.5. The fourth-order valence-electron chi connectivity index (χ4n) is 1.74. The van der Waals surface area contributed by atoms with Crippen molar-refractivity contribution in [2.24, 2.45) is 11.7 Å². The van der Waals surface area contributed by atoms with Crippen molar-refractivity contribution >= 4 is 11.8 Å². The minimum atomic E-state index is -0.407. The summed E-state index contributed by atoms with van der Waals surface area (Å²) in [5, 5.41) is 0. The Morgan fingerprint density at radius 3 is 2.33 bits per heavy atom. The number of primary amides is 1. The lowest BCUT2D eigenvalue weighted by molar-refractivity contribution is -0.143. The molecular weight excluding hydrogens is 196 g/mol. The summed E-state index contributed by atoms with van der Waals surface area (Å²) < 4.78 is 4.96. The van der Waals surface area contributed by atoms with E-state index in [2.05, 4.69) is 0 Å². The molecule has 0 bridgehead atoms. The molecule has 1 rings (SSSR count). The normalized spacial score (nSPS) is 20.0. The molecule has 1 heterocycles. The highest BCUT2D eigenvalue weighted by Crippen LogP contribution is 2.17. The van der Waals surface area contributed by atoms with E-state index >= 15 is 0 Å². The predicted molar refractivity (Wildman–Crippen MR) is 55.0 cm³/mol. The third-order valence-corrected chi connectivity index (χ3v) is 2.91. The van der Waals surface area contributed by atoms with Crippen LogP contribution in [-0.4, -0.2) is 43.0 Å². The number of hydrogen-bond donors (Lipinski definition) is 1. The number of amides is 2. The summed E-state index contributed by atoms with van der Waals surface area (Å²) in [6.45, 7) is 2.92. The number of carbonyl (C=O) groups is 2. The van der Waals surface area contributed by atoms with Crippen LogP contribution >= 0.6 is 0 Å². The lowest BCUT2D eigenvalue weighted by Gasteiger charge is -2.31. The van der Waals surface area contributed by atoms with Crippen LogP contribution in [0.2, 0.25) is 0 Å². The number of nitrogens with two attached hydrogens (primary N) is 1. The number of carbonyl (C=O) groups excluding carboxylic acids is 2. The average Bonchev–Trinajstić information content (AvgIpc) is 2.27. The molecule has 1 atom stereocenters. The summed E-state index contributed by atoms with van der Waals surface area (Å²) in [6.07, 6.45) is 0.921. The first-order valence-electron chi connectivity index (χ1n) is 5.17. The maximum atomic E-state index is 11.7. The monoisotopic (exact) mass is 214 g/mol. The molecule has 15 heavy (non-hydrogen) atoms. The van der Waals surface area contributed by atoms with Gasteiger partial charge in [0.15, 0.2) is 0 Å². The Kier molecular flexibility index (Phi) is 4.08. The molecule has 0 saturated carbocycles. The van der Waals surface area contributed by atoms with Gasteiger partial charge in [-0.05, 0) is 19.8 Å². The third kappa shape index (κ3) is 2.92. The van der Waals surface area contributed by atoms with Crippen LogP contribution < -0.4 is 5.73 Å². The fourth-order valence-corrected chi connectivity index (χ4v) is 1.74. The fraction of sp³-hybridized carbons (Fsp3) is 0.800. The zero-order chi connectivity index (χ0) is 11.4. The number of hydrogen-bond acceptors (Lipinski definition) is 3. The van der Waals surface area contributed by atoms with E-state index in [-0.39, 0.29) is 17.7 Å². The quantitative estimate of drug-likeness (QED) is 0.703. The summed E-state index contributed by atoms with van der Waals surface area (Å²) in [7, 11) is 1.51. The molecule has 1 aliphatic rings. The Balaban J connectivity index is 2.43. The molecule has 1 saturated heterocycles. The van der Waals surface area contributed by atoms with Gasteiger partial charge in [0.1, 0.15) is 6.10 Å². The number of piperidine rings is 1. The van der Waals surface area contributed by atoms with E-state index in [4.69, 9.17) is 10.5 Å². The number of methoxy groups -OCH3 is 1. The second-order valence-corrected chi connectivity index (χ2v) is 3.88. The van der Waals surface area contributed by atoms with Crippen LogP contribution in [0.1, 0.15) is 19.8 Å². The van der Waals surface area contributed by atoms with Crippen LogP contribution in [0.5, 0.6) is 0 Å². The number of nitrogens with zero attached hydrogens (tertiary/aromatic N) is 1. The maximum absolute atomic E-state index is 11.7. The van der Waals surface area contributed by atoms with Crippen molar-refractivity contribution in [3.05, 3.63) is 0 Å². The highest BCUT2D eigenvalue weighted by Gasteiger charge is 2.27. The minimum absolute atomic E-state index is 0.0135. The topological polar surface area (TPSA) is 72.6 Å². The Morgan fingerprint density at radius 1 is 1.40 bits per heavy atom. The van der Waals surface area contributed by atoms with Crippen LogP contribution in [0, 0.1) is 5.92 Å². The first-order valence-corrected chi connectivity index (χ1v) is 5.17. The van der Waals surface area contributed by atoms with Gasteiger partial charge in [-0.25, -0.2) is 0 Å².